The second-order valence-corrected chi connectivity index (χ2v) is 5.49. The number of benzene rings is 1. The van der Waals surface area contributed by atoms with Crippen molar-refractivity contribution in [2.45, 2.75) is 0 Å². The van der Waals surface area contributed by atoms with Crippen LogP contribution in [0.15, 0.2) is 53.3 Å². The molecule has 2 aromatic heterocycles. The molecule has 0 radical (unpaired) electrons. The Morgan fingerprint density at radius 2 is 1.95 bits per heavy atom. The van der Waals surface area contributed by atoms with Crippen molar-refractivity contribution in [2.75, 3.05) is 7.11 Å². The number of methoxy groups -OCH3 is 1. The van der Waals surface area contributed by atoms with Gasteiger partial charge < -0.3 is 9.72 Å². The number of nitrogens with zero attached hydrogens (tertiary/aromatic N) is 2. The average Bonchev–Trinajstić information content (AvgIpc) is 3.05. The Morgan fingerprint density at radius 1 is 1.18 bits per heavy atom. The number of H-pyrrole nitrogens is 1. The van der Waals surface area contributed by atoms with Gasteiger partial charge in [-0.25, -0.2) is 9.78 Å². The van der Waals surface area contributed by atoms with Crippen LogP contribution in [-0.4, -0.2) is 28.0 Å². The number of aromatic nitrogens is 3. The van der Waals surface area contributed by atoms with Crippen LogP contribution in [0.25, 0.3) is 22.8 Å². The summed E-state index contributed by atoms with van der Waals surface area (Å²) >= 11 is 3.40. The molecule has 110 valence electrons. The van der Waals surface area contributed by atoms with Gasteiger partial charge in [-0.3, -0.25) is 4.98 Å². The highest BCUT2D eigenvalue weighted by molar-refractivity contribution is 9.10. The fourth-order valence-corrected chi connectivity index (χ4v) is 2.29. The molecule has 0 aliphatic heterocycles. The predicted molar refractivity (Wildman–Crippen MR) is 86.3 cm³/mol. The molecule has 0 saturated heterocycles. The lowest BCUT2D eigenvalue weighted by Gasteiger charge is -2.01. The monoisotopic (exact) mass is 357 g/mol. The van der Waals surface area contributed by atoms with Gasteiger partial charge in [0.05, 0.1) is 30.3 Å². The van der Waals surface area contributed by atoms with Gasteiger partial charge in [0.1, 0.15) is 5.82 Å². The zero-order valence-electron chi connectivity index (χ0n) is 11.7. The molecule has 2 heterocycles. The molecule has 0 aliphatic rings. The molecule has 0 fully saturated rings. The van der Waals surface area contributed by atoms with E-state index in [-0.39, 0.29) is 0 Å². The van der Waals surface area contributed by atoms with Gasteiger partial charge in [-0.05, 0) is 24.3 Å². The van der Waals surface area contributed by atoms with Crippen LogP contribution in [-0.2, 0) is 4.74 Å². The van der Waals surface area contributed by atoms with Crippen molar-refractivity contribution in [3.05, 3.63) is 58.8 Å². The van der Waals surface area contributed by atoms with Gasteiger partial charge in [0.25, 0.3) is 0 Å². The van der Waals surface area contributed by atoms with E-state index in [2.05, 4.69) is 30.9 Å². The summed E-state index contributed by atoms with van der Waals surface area (Å²) in [5.74, 6) is 0.351. The predicted octanol–water partition coefficient (Wildman–Crippen LogP) is 3.69. The molecule has 0 amide bonds. The van der Waals surface area contributed by atoms with Crippen LogP contribution in [0.5, 0.6) is 0 Å². The van der Waals surface area contributed by atoms with Crippen LogP contribution >= 0.6 is 15.9 Å². The second-order valence-electron chi connectivity index (χ2n) is 4.57. The SMILES string of the molecule is COC(=O)c1ccnc(-c2cnc(-c3ccc(Br)cc3)[nH]2)c1. The molecule has 0 aliphatic carbocycles. The topological polar surface area (TPSA) is 67.9 Å². The maximum atomic E-state index is 11.6. The summed E-state index contributed by atoms with van der Waals surface area (Å²) in [5.41, 5.74) is 2.80. The van der Waals surface area contributed by atoms with Crippen LogP contribution in [0, 0.1) is 0 Å². The summed E-state index contributed by atoms with van der Waals surface area (Å²) in [6, 6.07) is 11.1. The number of ether oxygens (including phenoxy) is 1. The van der Waals surface area contributed by atoms with Crippen molar-refractivity contribution < 1.29 is 9.53 Å². The van der Waals surface area contributed by atoms with Gasteiger partial charge in [-0.2, -0.15) is 0 Å². The summed E-state index contributed by atoms with van der Waals surface area (Å²) in [6.07, 6.45) is 3.27. The summed E-state index contributed by atoms with van der Waals surface area (Å²) in [5, 5.41) is 0. The molecule has 1 N–H and O–H groups in total. The minimum atomic E-state index is -0.392. The lowest BCUT2D eigenvalue weighted by molar-refractivity contribution is 0.0600. The third-order valence-corrected chi connectivity index (χ3v) is 3.68. The number of pyridine rings is 1. The first-order valence-corrected chi connectivity index (χ1v) is 7.32. The summed E-state index contributed by atoms with van der Waals surface area (Å²) in [7, 11) is 1.35. The molecule has 0 spiro atoms. The molecule has 3 aromatic rings. The highest BCUT2D eigenvalue weighted by Gasteiger charge is 2.10. The molecule has 3 rings (SSSR count). The van der Waals surface area contributed by atoms with Crippen molar-refractivity contribution in [3.63, 3.8) is 0 Å². The molecule has 22 heavy (non-hydrogen) atoms. The van der Waals surface area contributed by atoms with Crippen molar-refractivity contribution in [3.8, 4) is 22.8 Å². The molecule has 6 heteroatoms. The number of hydrogen-bond donors (Lipinski definition) is 1. The molecule has 1 aromatic carbocycles. The summed E-state index contributed by atoms with van der Waals surface area (Å²) < 4.78 is 5.73. The number of carbonyl (C=O) groups excluding carboxylic acids is 1. The first kappa shape index (κ1) is 14.5. The highest BCUT2D eigenvalue weighted by atomic mass is 79.9. The number of hydrogen-bond acceptors (Lipinski definition) is 4. The fourth-order valence-electron chi connectivity index (χ4n) is 2.03. The van der Waals surface area contributed by atoms with E-state index in [9.17, 15) is 4.79 Å². The van der Waals surface area contributed by atoms with Crippen LogP contribution in [0.4, 0.5) is 0 Å². The first-order valence-electron chi connectivity index (χ1n) is 6.53. The third-order valence-electron chi connectivity index (χ3n) is 3.15. The number of esters is 1. The highest BCUT2D eigenvalue weighted by Crippen LogP contribution is 2.23. The molecule has 0 saturated carbocycles. The van der Waals surface area contributed by atoms with Gasteiger partial charge in [0, 0.05) is 16.2 Å². The Bertz CT molecular complexity index is 812. The number of carbonyl (C=O) groups is 1. The number of halogens is 1. The normalized spacial score (nSPS) is 10.5. The Hall–Kier alpha value is -2.47. The number of rotatable bonds is 3. The Labute approximate surface area is 135 Å². The summed E-state index contributed by atoms with van der Waals surface area (Å²) in [6.45, 7) is 0. The lowest BCUT2D eigenvalue weighted by Crippen LogP contribution is -2.01. The van der Waals surface area contributed by atoms with Gasteiger partial charge in [0.2, 0.25) is 0 Å². The van der Waals surface area contributed by atoms with Crippen LogP contribution in [0.1, 0.15) is 10.4 Å². The van der Waals surface area contributed by atoms with Gasteiger partial charge in [-0.1, -0.05) is 28.1 Å². The van der Waals surface area contributed by atoms with Crippen LogP contribution < -0.4 is 0 Å². The smallest absolute Gasteiger partial charge is 0.337 e. The Kier molecular flexibility index (Phi) is 4.02. The summed E-state index contributed by atoms with van der Waals surface area (Å²) in [4.78, 5) is 23.4. The second kappa shape index (κ2) is 6.11. The molecular formula is C16H12BrN3O2. The van der Waals surface area contributed by atoms with Crippen molar-refractivity contribution in [1.82, 2.24) is 15.0 Å². The van der Waals surface area contributed by atoms with Crippen LogP contribution in [0.2, 0.25) is 0 Å². The van der Waals surface area contributed by atoms with E-state index in [4.69, 9.17) is 4.74 Å². The third kappa shape index (κ3) is 2.92. The maximum absolute atomic E-state index is 11.6. The minimum absolute atomic E-state index is 0.392. The van der Waals surface area contributed by atoms with Crippen molar-refractivity contribution in [1.29, 1.82) is 0 Å². The molecule has 0 bridgehead atoms. The standard InChI is InChI=1S/C16H12BrN3O2/c1-22-16(21)11-6-7-18-13(8-11)14-9-19-15(20-14)10-2-4-12(17)5-3-10/h2-9H,1H3,(H,19,20). The van der Waals surface area contributed by atoms with Gasteiger partial charge >= 0.3 is 5.97 Å². The molecular weight excluding hydrogens is 346 g/mol. The van der Waals surface area contributed by atoms with E-state index in [1.165, 1.54) is 7.11 Å². The minimum Gasteiger partial charge on any atom is -0.465 e. The van der Waals surface area contributed by atoms with E-state index in [0.29, 0.717) is 11.3 Å². The fraction of sp³-hybridized carbons (Fsp3) is 0.0625. The van der Waals surface area contributed by atoms with E-state index in [1.54, 1.807) is 24.5 Å². The first-order chi connectivity index (χ1) is 10.7. The number of imidazole rings is 1. The Morgan fingerprint density at radius 3 is 2.68 bits per heavy atom. The zero-order valence-corrected chi connectivity index (χ0v) is 13.3. The van der Waals surface area contributed by atoms with E-state index >= 15 is 0 Å². The maximum Gasteiger partial charge on any atom is 0.337 e. The van der Waals surface area contributed by atoms with Gasteiger partial charge in [0.15, 0.2) is 0 Å². The molecule has 0 atom stereocenters. The molecule has 0 unspecified atom stereocenters. The van der Waals surface area contributed by atoms with Crippen molar-refractivity contribution in [2.24, 2.45) is 0 Å². The van der Waals surface area contributed by atoms with Gasteiger partial charge in [-0.15, -0.1) is 0 Å². The molecule has 5 nitrogen and oxygen atoms in total. The number of nitrogens with one attached hydrogen (secondary N) is 1. The van der Waals surface area contributed by atoms with E-state index in [1.807, 2.05) is 24.3 Å². The van der Waals surface area contributed by atoms with Crippen LogP contribution in [0.3, 0.4) is 0 Å². The van der Waals surface area contributed by atoms with Crippen molar-refractivity contribution >= 4 is 21.9 Å². The van der Waals surface area contributed by atoms with E-state index in [0.717, 1.165) is 21.6 Å². The lowest BCUT2D eigenvalue weighted by atomic mass is 10.2. The quantitative estimate of drug-likeness (QED) is 0.725. The largest absolute Gasteiger partial charge is 0.465 e. The zero-order chi connectivity index (χ0) is 15.5. The number of aromatic amines is 1. The van der Waals surface area contributed by atoms with E-state index < -0.39 is 5.97 Å². The average molecular weight is 358 g/mol. The Balaban J connectivity index is 1.94.